The normalized spacial score (nSPS) is 14.4. The number of halogens is 1. The van der Waals surface area contributed by atoms with E-state index >= 15 is 0 Å². The van der Waals surface area contributed by atoms with Crippen molar-refractivity contribution in [2.45, 2.75) is 18.2 Å². The number of piperazine rings is 1. The molecule has 0 saturated carbocycles. The van der Waals surface area contributed by atoms with Crippen LogP contribution in [0, 0.1) is 0 Å². The van der Waals surface area contributed by atoms with E-state index in [0.29, 0.717) is 37.6 Å². The van der Waals surface area contributed by atoms with E-state index in [1.165, 1.54) is 12.1 Å². The zero-order chi connectivity index (χ0) is 22.4. The molecule has 31 heavy (non-hydrogen) atoms. The smallest absolute Gasteiger partial charge is 0.253 e. The first kappa shape index (κ1) is 23.1. The second-order valence-corrected chi connectivity index (χ2v) is 9.86. The molecule has 7 nitrogen and oxygen atoms in total. The van der Waals surface area contributed by atoms with E-state index in [2.05, 4.69) is 10.2 Å². The van der Waals surface area contributed by atoms with Gasteiger partial charge < -0.3 is 15.1 Å². The molecule has 0 unspecified atom stereocenters. The summed E-state index contributed by atoms with van der Waals surface area (Å²) in [6.07, 6.45) is 0.457. The van der Waals surface area contributed by atoms with E-state index in [4.69, 9.17) is 11.6 Å². The van der Waals surface area contributed by atoms with Crippen LogP contribution in [0.1, 0.15) is 23.7 Å². The molecule has 2 aromatic carbocycles. The van der Waals surface area contributed by atoms with Gasteiger partial charge in [0.1, 0.15) is 0 Å². The van der Waals surface area contributed by atoms with Crippen LogP contribution in [0.25, 0.3) is 0 Å². The third-order valence-electron chi connectivity index (χ3n) is 5.16. The monoisotopic (exact) mass is 463 g/mol. The van der Waals surface area contributed by atoms with E-state index in [1.807, 2.05) is 24.3 Å². The molecule has 1 heterocycles. The van der Waals surface area contributed by atoms with E-state index in [0.717, 1.165) is 5.69 Å². The highest BCUT2D eigenvalue weighted by atomic mass is 35.5. The number of nitrogens with one attached hydrogen (secondary N) is 1. The summed E-state index contributed by atoms with van der Waals surface area (Å²) in [4.78, 5) is 29.0. The largest absolute Gasteiger partial charge is 0.368 e. The summed E-state index contributed by atoms with van der Waals surface area (Å²) in [5, 5.41) is 3.26. The molecule has 0 aromatic heterocycles. The lowest BCUT2D eigenvalue weighted by molar-refractivity contribution is -0.130. The van der Waals surface area contributed by atoms with Crippen LogP contribution >= 0.6 is 11.6 Å². The van der Waals surface area contributed by atoms with Gasteiger partial charge in [-0.2, -0.15) is 0 Å². The van der Waals surface area contributed by atoms with Crippen molar-refractivity contribution in [3.05, 3.63) is 59.1 Å². The molecule has 166 valence electrons. The van der Waals surface area contributed by atoms with E-state index in [9.17, 15) is 18.0 Å². The van der Waals surface area contributed by atoms with Crippen LogP contribution in [-0.2, 0) is 14.6 Å². The number of carbonyl (C=O) groups excluding carboxylic acids is 2. The molecular weight excluding hydrogens is 438 g/mol. The zero-order valence-electron chi connectivity index (χ0n) is 17.4. The number of hydrogen-bond acceptors (Lipinski definition) is 5. The number of amides is 2. The summed E-state index contributed by atoms with van der Waals surface area (Å²) < 4.78 is 24.9. The van der Waals surface area contributed by atoms with Gasteiger partial charge in [0, 0.05) is 36.9 Å². The minimum Gasteiger partial charge on any atom is -0.368 e. The minimum absolute atomic E-state index is 0.00150. The van der Waals surface area contributed by atoms with Gasteiger partial charge in [0.15, 0.2) is 9.84 Å². The Morgan fingerprint density at radius 2 is 1.65 bits per heavy atom. The Morgan fingerprint density at radius 3 is 2.29 bits per heavy atom. The summed E-state index contributed by atoms with van der Waals surface area (Å²) in [5.74, 6) is -0.796. The Balaban J connectivity index is 1.56. The molecule has 9 heteroatoms. The van der Waals surface area contributed by atoms with Crippen molar-refractivity contribution in [1.29, 1.82) is 0 Å². The molecule has 1 saturated heterocycles. The van der Waals surface area contributed by atoms with Gasteiger partial charge in [-0.25, -0.2) is 8.42 Å². The highest BCUT2D eigenvalue weighted by Gasteiger charge is 2.24. The fourth-order valence-corrected chi connectivity index (χ4v) is 5.20. The van der Waals surface area contributed by atoms with E-state index in [-0.39, 0.29) is 28.7 Å². The minimum atomic E-state index is -3.55. The topological polar surface area (TPSA) is 86.8 Å². The molecule has 2 aromatic rings. The van der Waals surface area contributed by atoms with Crippen LogP contribution < -0.4 is 10.2 Å². The maximum Gasteiger partial charge on any atom is 0.253 e. The second-order valence-electron chi connectivity index (χ2n) is 7.34. The van der Waals surface area contributed by atoms with Gasteiger partial charge in [0.2, 0.25) is 5.91 Å². The average Bonchev–Trinajstić information content (AvgIpc) is 2.78. The van der Waals surface area contributed by atoms with Gasteiger partial charge >= 0.3 is 0 Å². The number of sulfone groups is 1. The predicted octanol–water partition coefficient (Wildman–Crippen LogP) is 2.60. The highest BCUT2D eigenvalue weighted by Crippen LogP contribution is 2.20. The molecule has 1 N–H and O–H groups in total. The molecule has 0 bridgehead atoms. The number of nitrogens with zero attached hydrogens (tertiary/aromatic N) is 2. The Kier molecular flexibility index (Phi) is 7.56. The molecule has 0 atom stereocenters. The number of carbonyl (C=O) groups is 2. The van der Waals surface area contributed by atoms with Gasteiger partial charge in [0.25, 0.3) is 5.91 Å². The molecule has 0 radical (unpaired) electrons. The van der Waals surface area contributed by atoms with Crippen LogP contribution in [-0.4, -0.2) is 63.6 Å². The SMILES string of the molecule is CCCS(=O)(=O)c1ccccc1C(=O)NCC(=O)N1CCN(c2ccc(Cl)cc2)CC1. The first-order valence-electron chi connectivity index (χ1n) is 10.2. The maximum absolute atomic E-state index is 12.6. The second kappa shape index (κ2) is 10.2. The lowest BCUT2D eigenvalue weighted by Gasteiger charge is -2.36. The van der Waals surface area contributed by atoms with Gasteiger partial charge in [-0.15, -0.1) is 0 Å². The number of hydrogen-bond donors (Lipinski definition) is 1. The van der Waals surface area contributed by atoms with Crippen LogP contribution in [0.5, 0.6) is 0 Å². The molecule has 0 aliphatic carbocycles. The van der Waals surface area contributed by atoms with E-state index in [1.54, 1.807) is 24.0 Å². The van der Waals surface area contributed by atoms with Crippen molar-refractivity contribution >= 4 is 38.9 Å². The third-order valence-corrected chi connectivity index (χ3v) is 7.39. The molecule has 1 aliphatic heterocycles. The summed E-state index contributed by atoms with van der Waals surface area (Å²) in [6, 6.07) is 13.7. The average molecular weight is 464 g/mol. The summed E-state index contributed by atoms with van der Waals surface area (Å²) in [6.45, 7) is 4.03. The van der Waals surface area contributed by atoms with Crippen molar-refractivity contribution < 1.29 is 18.0 Å². The third kappa shape index (κ3) is 5.77. The fraction of sp³-hybridized carbons (Fsp3) is 0.364. The van der Waals surface area contributed by atoms with Crippen LogP contribution in [0.15, 0.2) is 53.4 Å². The fourth-order valence-electron chi connectivity index (χ4n) is 3.53. The van der Waals surface area contributed by atoms with E-state index < -0.39 is 15.7 Å². The lowest BCUT2D eigenvalue weighted by Crippen LogP contribution is -2.51. The van der Waals surface area contributed by atoms with Gasteiger partial charge in [-0.3, -0.25) is 9.59 Å². The Labute approximate surface area is 187 Å². The van der Waals surface area contributed by atoms with Crippen molar-refractivity contribution in [3.8, 4) is 0 Å². The predicted molar refractivity (Wildman–Crippen MR) is 121 cm³/mol. The van der Waals surface area contributed by atoms with Crippen LogP contribution in [0.2, 0.25) is 5.02 Å². The molecule has 1 fully saturated rings. The molecule has 1 aliphatic rings. The summed E-state index contributed by atoms with van der Waals surface area (Å²) in [5.41, 5.74) is 1.12. The molecular formula is C22H26ClN3O4S. The Morgan fingerprint density at radius 1 is 1.00 bits per heavy atom. The number of benzene rings is 2. The number of rotatable bonds is 7. The molecule has 2 amide bonds. The highest BCUT2D eigenvalue weighted by molar-refractivity contribution is 7.91. The number of anilines is 1. The van der Waals surface area contributed by atoms with Crippen LogP contribution in [0.4, 0.5) is 5.69 Å². The Bertz CT molecular complexity index is 1030. The van der Waals surface area contributed by atoms with Gasteiger partial charge in [-0.1, -0.05) is 30.7 Å². The van der Waals surface area contributed by atoms with Gasteiger partial charge in [0.05, 0.1) is 22.8 Å². The first-order chi connectivity index (χ1) is 14.8. The van der Waals surface area contributed by atoms with Crippen molar-refractivity contribution in [2.75, 3.05) is 43.4 Å². The van der Waals surface area contributed by atoms with Crippen LogP contribution in [0.3, 0.4) is 0 Å². The summed E-state index contributed by atoms with van der Waals surface area (Å²) in [7, 11) is -3.55. The van der Waals surface area contributed by atoms with Crippen molar-refractivity contribution in [1.82, 2.24) is 10.2 Å². The molecule has 3 rings (SSSR count). The first-order valence-corrected chi connectivity index (χ1v) is 12.2. The lowest BCUT2D eigenvalue weighted by atomic mass is 10.2. The van der Waals surface area contributed by atoms with Crippen molar-refractivity contribution in [3.63, 3.8) is 0 Å². The maximum atomic E-state index is 12.6. The zero-order valence-corrected chi connectivity index (χ0v) is 19.0. The summed E-state index contributed by atoms with van der Waals surface area (Å²) >= 11 is 5.93. The molecule has 0 spiro atoms. The van der Waals surface area contributed by atoms with Gasteiger partial charge in [-0.05, 0) is 42.8 Å². The van der Waals surface area contributed by atoms with Crippen molar-refractivity contribution in [2.24, 2.45) is 0 Å². The standard InChI is InChI=1S/C22H26ClN3O4S/c1-2-15-31(29,30)20-6-4-3-5-19(20)22(28)24-16-21(27)26-13-11-25(12-14-26)18-9-7-17(23)8-10-18/h3-10H,2,11-16H2,1H3,(H,24,28). The quantitative estimate of drug-likeness (QED) is 0.682. The Hall–Kier alpha value is -2.58.